The van der Waals surface area contributed by atoms with Crippen molar-refractivity contribution in [2.24, 2.45) is 0 Å². The van der Waals surface area contributed by atoms with Crippen molar-refractivity contribution >= 4 is 5.97 Å². The Morgan fingerprint density at radius 1 is 1.61 bits per heavy atom. The molecular formula is C13H26N2O3. The lowest BCUT2D eigenvalue weighted by molar-refractivity contribution is -0.144. The van der Waals surface area contributed by atoms with Gasteiger partial charge in [0.05, 0.1) is 12.7 Å². The molecule has 0 amide bonds. The second-order valence-corrected chi connectivity index (χ2v) is 5.30. The number of carbonyl (C=O) groups is 1. The molecule has 1 rings (SSSR count). The summed E-state index contributed by atoms with van der Waals surface area (Å²) < 4.78 is 5.48. The van der Waals surface area contributed by atoms with E-state index in [1.807, 2.05) is 6.92 Å². The summed E-state index contributed by atoms with van der Waals surface area (Å²) in [4.78, 5) is 13.6. The molecule has 1 aliphatic rings. The topological polar surface area (TPSA) is 61.8 Å². The van der Waals surface area contributed by atoms with Crippen LogP contribution in [0.15, 0.2) is 0 Å². The highest BCUT2D eigenvalue weighted by Crippen LogP contribution is 2.13. The lowest BCUT2D eigenvalue weighted by Gasteiger charge is -2.34. The van der Waals surface area contributed by atoms with Gasteiger partial charge >= 0.3 is 5.97 Å². The molecule has 5 heteroatoms. The van der Waals surface area contributed by atoms with Gasteiger partial charge in [-0.05, 0) is 33.2 Å². The van der Waals surface area contributed by atoms with Gasteiger partial charge in [-0.3, -0.25) is 9.69 Å². The number of carboxylic acids is 1. The first kappa shape index (κ1) is 15.4. The fraction of sp³-hybridized carbons (Fsp3) is 0.923. The van der Waals surface area contributed by atoms with Crippen molar-refractivity contribution in [3.8, 4) is 0 Å². The van der Waals surface area contributed by atoms with Gasteiger partial charge < -0.3 is 15.2 Å². The zero-order valence-electron chi connectivity index (χ0n) is 11.7. The number of nitrogens with one attached hydrogen (secondary N) is 1. The zero-order chi connectivity index (χ0) is 13.6. The molecule has 1 heterocycles. The van der Waals surface area contributed by atoms with Crippen LogP contribution in [0.2, 0.25) is 0 Å². The van der Waals surface area contributed by atoms with Crippen LogP contribution in [-0.2, 0) is 9.53 Å². The number of hydrogen-bond acceptors (Lipinski definition) is 4. The molecule has 2 N–H and O–H groups in total. The molecule has 0 aromatic heterocycles. The van der Waals surface area contributed by atoms with Crippen molar-refractivity contribution < 1.29 is 14.6 Å². The van der Waals surface area contributed by atoms with E-state index in [9.17, 15) is 9.90 Å². The zero-order valence-corrected chi connectivity index (χ0v) is 11.7. The molecule has 0 spiro atoms. The maximum Gasteiger partial charge on any atom is 0.323 e. The summed E-state index contributed by atoms with van der Waals surface area (Å²) in [5, 5.41) is 12.5. The molecule has 2 unspecified atom stereocenters. The van der Waals surface area contributed by atoms with Gasteiger partial charge in [0.1, 0.15) is 5.54 Å². The Bertz CT molecular complexity index is 273. The van der Waals surface area contributed by atoms with Crippen molar-refractivity contribution in [2.75, 3.05) is 32.8 Å². The van der Waals surface area contributed by atoms with Gasteiger partial charge in [-0.1, -0.05) is 6.92 Å². The van der Waals surface area contributed by atoms with E-state index < -0.39 is 11.5 Å². The molecule has 1 aliphatic heterocycles. The summed E-state index contributed by atoms with van der Waals surface area (Å²) in [5.74, 6) is -0.766. The van der Waals surface area contributed by atoms with Crippen molar-refractivity contribution in [1.82, 2.24) is 10.2 Å². The fourth-order valence-electron chi connectivity index (χ4n) is 2.15. The van der Waals surface area contributed by atoms with Crippen LogP contribution >= 0.6 is 0 Å². The summed E-state index contributed by atoms with van der Waals surface area (Å²) in [6.07, 6.45) is 1.81. The van der Waals surface area contributed by atoms with Crippen LogP contribution in [0.25, 0.3) is 0 Å². The van der Waals surface area contributed by atoms with E-state index in [1.165, 1.54) is 0 Å². The van der Waals surface area contributed by atoms with Crippen LogP contribution in [-0.4, -0.2) is 60.4 Å². The van der Waals surface area contributed by atoms with E-state index in [0.29, 0.717) is 6.42 Å². The molecule has 18 heavy (non-hydrogen) atoms. The molecular weight excluding hydrogens is 232 g/mol. The Morgan fingerprint density at radius 2 is 2.33 bits per heavy atom. The molecule has 5 nitrogen and oxygen atoms in total. The molecule has 0 aromatic rings. The number of aliphatic carboxylic acids is 1. The second kappa shape index (κ2) is 7.07. The van der Waals surface area contributed by atoms with Gasteiger partial charge in [-0.2, -0.15) is 0 Å². The first-order valence-corrected chi connectivity index (χ1v) is 6.80. The van der Waals surface area contributed by atoms with E-state index in [4.69, 9.17) is 4.74 Å². The summed E-state index contributed by atoms with van der Waals surface area (Å²) in [6, 6.07) is 0. The summed E-state index contributed by atoms with van der Waals surface area (Å²) in [6.45, 7) is 9.94. The fourth-order valence-corrected chi connectivity index (χ4v) is 2.15. The highest BCUT2D eigenvalue weighted by Gasteiger charge is 2.32. The van der Waals surface area contributed by atoms with Gasteiger partial charge in [0.25, 0.3) is 0 Å². The summed E-state index contributed by atoms with van der Waals surface area (Å²) in [5.41, 5.74) is -0.822. The standard InChI is InChI=1S/C13H26N2O3/c1-4-6-14-13(3,12(16)17)5-7-15-8-9-18-11(2)10-15/h11,14H,4-10H2,1-3H3,(H,16,17). The van der Waals surface area contributed by atoms with Crippen LogP contribution in [0.5, 0.6) is 0 Å². The monoisotopic (exact) mass is 258 g/mol. The first-order valence-electron chi connectivity index (χ1n) is 6.80. The lowest BCUT2D eigenvalue weighted by atomic mass is 9.97. The highest BCUT2D eigenvalue weighted by molar-refractivity contribution is 5.78. The average Bonchev–Trinajstić information content (AvgIpc) is 2.34. The molecule has 0 aliphatic carbocycles. The smallest absolute Gasteiger partial charge is 0.323 e. The number of rotatable bonds is 7. The van der Waals surface area contributed by atoms with E-state index >= 15 is 0 Å². The summed E-state index contributed by atoms with van der Waals surface area (Å²) in [7, 11) is 0. The molecule has 1 fully saturated rings. The van der Waals surface area contributed by atoms with Crippen molar-refractivity contribution in [3.63, 3.8) is 0 Å². The van der Waals surface area contributed by atoms with E-state index in [2.05, 4.69) is 17.1 Å². The van der Waals surface area contributed by atoms with Gasteiger partial charge in [-0.15, -0.1) is 0 Å². The highest BCUT2D eigenvalue weighted by atomic mass is 16.5. The molecule has 2 atom stereocenters. The van der Waals surface area contributed by atoms with Crippen LogP contribution < -0.4 is 5.32 Å². The van der Waals surface area contributed by atoms with Crippen LogP contribution in [0.4, 0.5) is 0 Å². The van der Waals surface area contributed by atoms with Gasteiger partial charge in [0.15, 0.2) is 0 Å². The van der Waals surface area contributed by atoms with Crippen molar-refractivity contribution in [3.05, 3.63) is 0 Å². The Kier molecular flexibility index (Phi) is 6.05. The molecule has 0 aromatic carbocycles. The minimum atomic E-state index is -0.822. The van der Waals surface area contributed by atoms with E-state index in [1.54, 1.807) is 6.92 Å². The largest absolute Gasteiger partial charge is 0.480 e. The Balaban J connectivity index is 2.43. The third-order valence-corrected chi connectivity index (χ3v) is 3.49. The Morgan fingerprint density at radius 3 is 2.89 bits per heavy atom. The quantitative estimate of drug-likeness (QED) is 0.711. The predicted octanol–water partition coefficient (Wildman–Crippen LogP) is 0.940. The minimum Gasteiger partial charge on any atom is -0.480 e. The maximum absolute atomic E-state index is 11.4. The lowest BCUT2D eigenvalue weighted by Crippen LogP contribution is -2.52. The van der Waals surface area contributed by atoms with Gasteiger partial charge in [0.2, 0.25) is 0 Å². The maximum atomic E-state index is 11.4. The normalized spacial score (nSPS) is 24.7. The summed E-state index contributed by atoms with van der Waals surface area (Å²) >= 11 is 0. The average molecular weight is 258 g/mol. The van der Waals surface area contributed by atoms with Crippen molar-refractivity contribution in [2.45, 2.75) is 45.3 Å². The number of ether oxygens (including phenoxy) is 1. The predicted molar refractivity (Wildman–Crippen MR) is 70.8 cm³/mol. The third kappa shape index (κ3) is 4.55. The van der Waals surface area contributed by atoms with E-state index in [0.717, 1.165) is 39.2 Å². The second-order valence-electron chi connectivity index (χ2n) is 5.30. The number of carboxylic acid groups (broad SMARTS) is 1. The van der Waals surface area contributed by atoms with Crippen LogP contribution in [0.3, 0.4) is 0 Å². The molecule has 0 radical (unpaired) electrons. The molecule has 1 saturated heterocycles. The van der Waals surface area contributed by atoms with Crippen LogP contribution in [0, 0.1) is 0 Å². The first-order chi connectivity index (χ1) is 8.48. The van der Waals surface area contributed by atoms with Crippen LogP contribution in [0.1, 0.15) is 33.6 Å². The number of nitrogens with zero attached hydrogens (tertiary/aromatic N) is 1. The third-order valence-electron chi connectivity index (χ3n) is 3.49. The number of hydrogen-bond donors (Lipinski definition) is 2. The Labute approximate surface area is 109 Å². The van der Waals surface area contributed by atoms with E-state index in [-0.39, 0.29) is 6.10 Å². The van der Waals surface area contributed by atoms with Gasteiger partial charge in [-0.25, -0.2) is 0 Å². The Hall–Kier alpha value is -0.650. The SMILES string of the molecule is CCCNC(C)(CCN1CCOC(C)C1)C(=O)O. The molecule has 106 valence electrons. The number of morpholine rings is 1. The molecule has 0 bridgehead atoms. The molecule has 0 saturated carbocycles. The minimum absolute atomic E-state index is 0.249. The van der Waals surface area contributed by atoms with Crippen molar-refractivity contribution in [1.29, 1.82) is 0 Å². The van der Waals surface area contributed by atoms with Gasteiger partial charge in [0, 0.05) is 19.6 Å².